The van der Waals surface area contributed by atoms with Gasteiger partial charge in [0, 0.05) is 23.6 Å². The zero-order chi connectivity index (χ0) is 16.2. The average Bonchev–Trinajstić information content (AvgIpc) is 3.03. The van der Waals surface area contributed by atoms with Crippen LogP contribution in [0.5, 0.6) is 0 Å². The van der Waals surface area contributed by atoms with Crippen LogP contribution in [0.2, 0.25) is 0 Å². The minimum atomic E-state index is -0.591. The predicted molar refractivity (Wildman–Crippen MR) is 90.7 cm³/mol. The molecule has 1 aromatic heterocycles. The van der Waals surface area contributed by atoms with Gasteiger partial charge in [0.2, 0.25) is 0 Å². The molecule has 0 radical (unpaired) electrons. The number of carbonyl (C=O) groups is 1. The van der Waals surface area contributed by atoms with Crippen molar-refractivity contribution in [2.24, 2.45) is 0 Å². The zero-order valence-electron chi connectivity index (χ0n) is 12.5. The minimum Gasteiger partial charge on any atom is -0.444 e. The van der Waals surface area contributed by atoms with Crippen molar-refractivity contribution in [3.8, 4) is 0 Å². The summed E-state index contributed by atoms with van der Waals surface area (Å²) in [6, 6.07) is 11.5. The quantitative estimate of drug-likeness (QED) is 0.832. The molecular formula is C17H17BrN2O3. The minimum absolute atomic E-state index is 0.242. The van der Waals surface area contributed by atoms with Gasteiger partial charge in [-0.1, -0.05) is 46.3 Å². The molecule has 120 valence electrons. The standard InChI is InChI=1S/C17H17BrN2O3/c18-9-15(21)14-8-13-6-7-20(16(13)19-10-14)17(22)23-11-12-4-2-1-3-5-12/h1-5,8,10,15,21H,6-7,9,11H2. The van der Waals surface area contributed by atoms with Crippen LogP contribution in [0.15, 0.2) is 42.6 Å². The number of halogens is 1. The number of carbonyl (C=O) groups excluding carboxylic acids is 1. The number of hydrogen-bond acceptors (Lipinski definition) is 4. The molecule has 1 N–H and O–H groups in total. The van der Waals surface area contributed by atoms with Crippen molar-refractivity contribution in [1.29, 1.82) is 0 Å². The summed E-state index contributed by atoms with van der Waals surface area (Å²) in [5, 5.41) is 10.3. The Morgan fingerprint density at radius 2 is 2.17 bits per heavy atom. The molecule has 5 nitrogen and oxygen atoms in total. The number of aliphatic hydroxyl groups excluding tert-OH is 1. The van der Waals surface area contributed by atoms with E-state index in [1.807, 2.05) is 36.4 Å². The lowest BCUT2D eigenvalue weighted by Crippen LogP contribution is -2.30. The number of rotatable bonds is 4. The van der Waals surface area contributed by atoms with E-state index < -0.39 is 12.2 Å². The molecule has 0 aliphatic carbocycles. The van der Waals surface area contributed by atoms with Gasteiger partial charge in [0.05, 0.1) is 6.10 Å². The molecule has 0 bridgehead atoms. The van der Waals surface area contributed by atoms with Crippen LogP contribution in [0.1, 0.15) is 22.8 Å². The van der Waals surface area contributed by atoms with Gasteiger partial charge in [-0.05, 0) is 23.6 Å². The summed E-state index contributed by atoms with van der Waals surface area (Å²) in [5.41, 5.74) is 2.66. The predicted octanol–water partition coefficient (Wildman–Crippen LogP) is 3.21. The third kappa shape index (κ3) is 3.54. The van der Waals surface area contributed by atoms with Crippen molar-refractivity contribution in [3.05, 3.63) is 59.3 Å². The van der Waals surface area contributed by atoms with E-state index in [0.717, 1.165) is 16.7 Å². The molecule has 3 rings (SSSR count). The molecule has 1 amide bonds. The van der Waals surface area contributed by atoms with Crippen molar-refractivity contribution < 1.29 is 14.6 Å². The Labute approximate surface area is 143 Å². The molecule has 23 heavy (non-hydrogen) atoms. The third-order valence-corrected chi connectivity index (χ3v) is 4.39. The summed E-state index contributed by atoms with van der Waals surface area (Å²) in [5.74, 6) is 0.619. The first-order chi connectivity index (χ1) is 11.2. The maximum atomic E-state index is 12.3. The zero-order valence-corrected chi connectivity index (χ0v) is 14.1. The number of alkyl halides is 1. The lowest BCUT2D eigenvalue weighted by atomic mass is 10.1. The van der Waals surface area contributed by atoms with E-state index in [9.17, 15) is 9.90 Å². The number of hydrogen-bond donors (Lipinski definition) is 1. The Kier molecular flexibility index (Phi) is 4.93. The first kappa shape index (κ1) is 16.0. The first-order valence-corrected chi connectivity index (χ1v) is 8.52. The highest BCUT2D eigenvalue weighted by Gasteiger charge is 2.28. The Morgan fingerprint density at radius 1 is 1.39 bits per heavy atom. The first-order valence-electron chi connectivity index (χ1n) is 7.40. The Morgan fingerprint density at radius 3 is 2.91 bits per heavy atom. The molecule has 2 aromatic rings. The molecule has 0 fully saturated rings. The number of nitrogens with zero attached hydrogens (tertiary/aromatic N) is 2. The van der Waals surface area contributed by atoms with Crippen LogP contribution in [0.3, 0.4) is 0 Å². The Balaban J connectivity index is 1.68. The summed E-state index contributed by atoms with van der Waals surface area (Å²) < 4.78 is 5.36. The van der Waals surface area contributed by atoms with Crippen LogP contribution >= 0.6 is 15.9 Å². The van der Waals surface area contributed by atoms with Gasteiger partial charge in [-0.25, -0.2) is 9.78 Å². The molecule has 1 aliphatic rings. The highest BCUT2D eigenvalue weighted by Crippen LogP contribution is 2.29. The fourth-order valence-corrected chi connectivity index (χ4v) is 2.91. The second kappa shape index (κ2) is 7.10. The van der Waals surface area contributed by atoms with Crippen LogP contribution in [-0.2, 0) is 17.8 Å². The van der Waals surface area contributed by atoms with Crippen molar-refractivity contribution in [3.63, 3.8) is 0 Å². The normalized spacial score (nSPS) is 14.4. The van der Waals surface area contributed by atoms with Gasteiger partial charge in [-0.3, -0.25) is 4.90 Å². The fraction of sp³-hybridized carbons (Fsp3) is 0.294. The van der Waals surface area contributed by atoms with Crippen LogP contribution in [0, 0.1) is 0 Å². The lowest BCUT2D eigenvalue weighted by Gasteiger charge is -2.16. The van der Waals surface area contributed by atoms with E-state index in [1.165, 1.54) is 0 Å². The summed E-state index contributed by atoms with van der Waals surface area (Å²) >= 11 is 3.25. The van der Waals surface area contributed by atoms with Gasteiger partial charge in [0.15, 0.2) is 0 Å². The number of ether oxygens (including phenoxy) is 1. The Hall–Kier alpha value is -1.92. The molecule has 1 unspecified atom stereocenters. The van der Waals surface area contributed by atoms with Crippen LogP contribution in [0.25, 0.3) is 0 Å². The van der Waals surface area contributed by atoms with E-state index in [1.54, 1.807) is 11.1 Å². The maximum Gasteiger partial charge on any atom is 0.415 e. The van der Waals surface area contributed by atoms with Crippen molar-refractivity contribution in [2.75, 3.05) is 16.8 Å². The number of aliphatic hydroxyl groups is 1. The molecule has 0 saturated carbocycles. The molecule has 2 heterocycles. The summed E-state index contributed by atoms with van der Waals surface area (Å²) in [7, 11) is 0. The Bertz CT molecular complexity index is 693. The fourth-order valence-electron chi connectivity index (χ4n) is 2.53. The molecule has 1 aromatic carbocycles. The molecule has 0 saturated heterocycles. The molecule has 6 heteroatoms. The second-order valence-electron chi connectivity index (χ2n) is 5.36. The topological polar surface area (TPSA) is 62.7 Å². The van der Waals surface area contributed by atoms with Gasteiger partial charge in [0.25, 0.3) is 0 Å². The average molecular weight is 377 g/mol. The maximum absolute atomic E-state index is 12.3. The van der Waals surface area contributed by atoms with Gasteiger partial charge >= 0.3 is 6.09 Å². The number of amides is 1. The molecule has 1 atom stereocenters. The van der Waals surface area contributed by atoms with Crippen LogP contribution in [0.4, 0.5) is 10.6 Å². The van der Waals surface area contributed by atoms with Crippen LogP contribution in [-0.4, -0.2) is 28.1 Å². The highest BCUT2D eigenvalue weighted by molar-refractivity contribution is 9.09. The number of aromatic nitrogens is 1. The van der Waals surface area contributed by atoms with Crippen LogP contribution < -0.4 is 4.90 Å². The third-order valence-electron chi connectivity index (χ3n) is 3.78. The number of pyridine rings is 1. The molecule has 0 spiro atoms. The number of fused-ring (bicyclic) bond motifs is 1. The summed E-state index contributed by atoms with van der Waals surface area (Å²) in [4.78, 5) is 18.1. The van der Waals surface area contributed by atoms with Crippen molar-refractivity contribution in [1.82, 2.24) is 4.98 Å². The van der Waals surface area contributed by atoms with Crippen molar-refractivity contribution >= 4 is 27.8 Å². The van der Waals surface area contributed by atoms with Gasteiger partial charge in [-0.2, -0.15) is 0 Å². The second-order valence-corrected chi connectivity index (χ2v) is 6.01. The number of benzene rings is 1. The van der Waals surface area contributed by atoms with E-state index >= 15 is 0 Å². The SMILES string of the molecule is O=C(OCc1ccccc1)N1CCc2cc(C(O)CBr)cnc21. The molecule has 1 aliphatic heterocycles. The monoisotopic (exact) mass is 376 g/mol. The smallest absolute Gasteiger partial charge is 0.415 e. The van der Waals surface area contributed by atoms with Gasteiger partial charge in [0.1, 0.15) is 12.4 Å². The van der Waals surface area contributed by atoms with Gasteiger partial charge in [-0.15, -0.1) is 0 Å². The highest BCUT2D eigenvalue weighted by atomic mass is 79.9. The van der Waals surface area contributed by atoms with E-state index in [4.69, 9.17) is 4.74 Å². The summed E-state index contributed by atoms with van der Waals surface area (Å²) in [6.07, 6.45) is 1.33. The number of anilines is 1. The van der Waals surface area contributed by atoms with Gasteiger partial charge < -0.3 is 9.84 Å². The van der Waals surface area contributed by atoms with E-state index in [2.05, 4.69) is 20.9 Å². The summed E-state index contributed by atoms with van der Waals surface area (Å²) in [6.45, 7) is 0.787. The van der Waals surface area contributed by atoms with Crippen molar-refractivity contribution in [2.45, 2.75) is 19.1 Å². The largest absolute Gasteiger partial charge is 0.444 e. The van der Waals surface area contributed by atoms with E-state index in [-0.39, 0.29) is 6.61 Å². The van der Waals surface area contributed by atoms with E-state index in [0.29, 0.717) is 24.1 Å². The molecular weight excluding hydrogens is 360 g/mol. The lowest BCUT2D eigenvalue weighted by molar-refractivity contribution is 0.147.